The highest BCUT2D eigenvalue weighted by atomic mass is 16.6. The molecule has 0 aromatic rings. The van der Waals surface area contributed by atoms with Gasteiger partial charge in [-0.2, -0.15) is 0 Å². The zero-order valence-electron chi connectivity index (χ0n) is 23.1. The van der Waals surface area contributed by atoms with Gasteiger partial charge in [0.15, 0.2) is 0 Å². The maximum atomic E-state index is 13.6. The van der Waals surface area contributed by atoms with E-state index in [2.05, 4.69) is 55.4 Å². The molecule has 6 unspecified atom stereocenters. The molecule has 4 nitrogen and oxygen atoms in total. The van der Waals surface area contributed by atoms with Crippen molar-refractivity contribution >= 4 is 11.9 Å². The van der Waals surface area contributed by atoms with Gasteiger partial charge in [-0.05, 0) is 87.9 Å². The van der Waals surface area contributed by atoms with Crippen LogP contribution in [0.1, 0.15) is 107 Å². The maximum absolute atomic E-state index is 13.6. The lowest BCUT2D eigenvalue weighted by molar-refractivity contribution is -0.174. The van der Waals surface area contributed by atoms with Crippen molar-refractivity contribution in [1.82, 2.24) is 0 Å². The van der Waals surface area contributed by atoms with E-state index >= 15 is 0 Å². The Morgan fingerprint density at radius 3 is 1.35 bits per heavy atom. The van der Waals surface area contributed by atoms with E-state index in [1.807, 2.05) is 0 Å². The van der Waals surface area contributed by atoms with Crippen LogP contribution in [0.15, 0.2) is 11.1 Å². The van der Waals surface area contributed by atoms with Crippen LogP contribution in [0, 0.1) is 47.3 Å². The molecule has 0 bridgehead atoms. The molecular formula is C30H50O4. The Morgan fingerprint density at radius 1 is 0.676 bits per heavy atom. The molecule has 0 radical (unpaired) electrons. The number of carbonyl (C=O) groups is 2. The van der Waals surface area contributed by atoms with Gasteiger partial charge in [0.2, 0.25) is 0 Å². The summed E-state index contributed by atoms with van der Waals surface area (Å²) >= 11 is 0. The first-order chi connectivity index (χ1) is 16.0. The molecule has 8 atom stereocenters. The van der Waals surface area contributed by atoms with Crippen molar-refractivity contribution in [2.24, 2.45) is 47.3 Å². The zero-order chi connectivity index (χ0) is 25.2. The zero-order valence-corrected chi connectivity index (χ0v) is 23.1. The molecule has 34 heavy (non-hydrogen) atoms. The van der Waals surface area contributed by atoms with Crippen LogP contribution < -0.4 is 0 Å². The molecule has 0 heterocycles. The number of ether oxygens (including phenoxy) is 2. The first-order valence-electron chi connectivity index (χ1n) is 14.0. The summed E-state index contributed by atoms with van der Waals surface area (Å²) in [6.45, 7) is 17.6. The molecule has 0 amide bonds. The normalized spacial score (nSPS) is 37.1. The highest BCUT2D eigenvalue weighted by molar-refractivity contribution is 5.83. The molecule has 0 aromatic carbocycles. The van der Waals surface area contributed by atoms with Gasteiger partial charge in [-0.1, -0.05) is 65.5 Å². The summed E-state index contributed by atoms with van der Waals surface area (Å²) in [7, 11) is 0. The van der Waals surface area contributed by atoms with Gasteiger partial charge in [-0.3, -0.25) is 9.59 Å². The molecule has 0 spiro atoms. The molecule has 0 aromatic heterocycles. The molecule has 3 aliphatic rings. The molecular weight excluding hydrogens is 424 g/mol. The van der Waals surface area contributed by atoms with Crippen LogP contribution in [-0.2, 0) is 19.1 Å². The van der Waals surface area contributed by atoms with Crippen LogP contribution in [0.3, 0.4) is 0 Å². The van der Waals surface area contributed by atoms with Gasteiger partial charge in [0, 0.05) is 0 Å². The van der Waals surface area contributed by atoms with Crippen molar-refractivity contribution in [3.63, 3.8) is 0 Å². The summed E-state index contributed by atoms with van der Waals surface area (Å²) in [5.41, 5.74) is 2.43. The number of rotatable bonds is 6. The van der Waals surface area contributed by atoms with Crippen LogP contribution in [0.25, 0.3) is 0 Å². The molecule has 0 saturated heterocycles. The molecule has 194 valence electrons. The second kappa shape index (κ2) is 11.6. The lowest BCUT2D eigenvalue weighted by Gasteiger charge is -2.40. The SMILES string of the molecule is CC1=C(C)C[C@@H](C(=O)OC2CC(C)CCC2C(C)C)[C@H](C(=O)OC2CC(C)CCC2C(C)C)C1. The van der Waals surface area contributed by atoms with Gasteiger partial charge >= 0.3 is 11.9 Å². The van der Waals surface area contributed by atoms with Crippen LogP contribution in [0.5, 0.6) is 0 Å². The van der Waals surface area contributed by atoms with Crippen molar-refractivity contribution in [3.05, 3.63) is 11.1 Å². The average molecular weight is 475 g/mol. The van der Waals surface area contributed by atoms with E-state index in [1.165, 1.54) is 24.0 Å². The van der Waals surface area contributed by atoms with Crippen molar-refractivity contribution in [2.75, 3.05) is 0 Å². The predicted molar refractivity (Wildman–Crippen MR) is 137 cm³/mol. The van der Waals surface area contributed by atoms with Crippen molar-refractivity contribution in [2.45, 2.75) is 119 Å². The average Bonchev–Trinajstić information content (AvgIpc) is 2.74. The third kappa shape index (κ3) is 6.46. The minimum Gasteiger partial charge on any atom is -0.462 e. The third-order valence-corrected chi connectivity index (χ3v) is 9.33. The van der Waals surface area contributed by atoms with E-state index < -0.39 is 11.8 Å². The van der Waals surface area contributed by atoms with Crippen molar-refractivity contribution < 1.29 is 19.1 Å². The second-order valence-corrected chi connectivity index (χ2v) is 12.8. The van der Waals surface area contributed by atoms with Crippen LogP contribution in [0.4, 0.5) is 0 Å². The summed E-state index contributed by atoms with van der Waals surface area (Å²) in [6, 6.07) is 0. The lowest BCUT2D eigenvalue weighted by atomic mass is 9.74. The van der Waals surface area contributed by atoms with Gasteiger partial charge in [-0.15, -0.1) is 0 Å². The molecule has 2 fully saturated rings. The summed E-state index contributed by atoms with van der Waals surface area (Å²) in [4.78, 5) is 27.1. The van der Waals surface area contributed by atoms with E-state index in [0.717, 1.165) is 25.7 Å². The number of esters is 2. The summed E-state index contributed by atoms with van der Waals surface area (Å²) in [5.74, 6) is 1.71. The fourth-order valence-electron chi connectivity index (χ4n) is 6.76. The van der Waals surface area contributed by atoms with E-state index in [4.69, 9.17) is 9.47 Å². The van der Waals surface area contributed by atoms with E-state index in [9.17, 15) is 9.59 Å². The van der Waals surface area contributed by atoms with E-state index in [1.54, 1.807) is 0 Å². The second-order valence-electron chi connectivity index (χ2n) is 12.8. The van der Waals surface area contributed by atoms with Gasteiger partial charge in [0.05, 0.1) is 11.8 Å². The molecule has 0 aliphatic heterocycles. The first-order valence-corrected chi connectivity index (χ1v) is 14.0. The van der Waals surface area contributed by atoms with Crippen molar-refractivity contribution in [3.8, 4) is 0 Å². The summed E-state index contributed by atoms with van der Waals surface area (Å²) in [5, 5.41) is 0. The Bertz CT molecular complexity index is 689. The number of allylic oxidation sites excluding steroid dienone is 2. The Morgan fingerprint density at radius 2 is 1.03 bits per heavy atom. The van der Waals surface area contributed by atoms with Crippen molar-refractivity contribution in [1.29, 1.82) is 0 Å². The monoisotopic (exact) mass is 474 g/mol. The number of hydrogen-bond donors (Lipinski definition) is 0. The molecule has 3 aliphatic carbocycles. The smallest absolute Gasteiger partial charge is 0.310 e. The largest absolute Gasteiger partial charge is 0.462 e. The molecule has 2 saturated carbocycles. The standard InChI is InChI=1S/C30H50O4/c1-17(2)23-11-9-19(5)13-27(23)33-29(31)25-15-21(7)22(8)16-26(25)30(32)34-28-14-20(6)10-12-24(28)18(3)4/h17-20,23-28H,9-16H2,1-8H3/t19?,20?,23?,24?,25-,26-,27?,28?/m1/s1. The van der Waals surface area contributed by atoms with Crippen LogP contribution in [-0.4, -0.2) is 24.1 Å². The first kappa shape index (κ1) is 27.3. The Kier molecular flexibility index (Phi) is 9.31. The fraction of sp³-hybridized carbons (Fsp3) is 0.867. The minimum atomic E-state index is -0.431. The van der Waals surface area contributed by atoms with E-state index in [-0.39, 0.29) is 24.1 Å². The van der Waals surface area contributed by atoms with Gasteiger partial charge in [0.1, 0.15) is 12.2 Å². The van der Waals surface area contributed by atoms with E-state index in [0.29, 0.717) is 48.3 Å². The predicted octanol–water partition coefficient (Wildman–Crippen LogP) is 7.36. The van der Waals surface area contributed by atoms with Gasteiger partial charge < -0.3 is 9.47 Å². The molecule has 4 heteroatoms. The maximum Gasteiger partial charge on any atom is 0.310 e. The quantitative estimate of drug-likeness (QED) is 0.298. The summed E-state index contributed by atoms with van der Waals surface area (Å²) in [6.07, 6.45) is 7.63. The van der Waals surface area contributed by atoms with Gasteiger partial charge in [-0.25, -0.2) is 0 Å². The Labute approximate surface area is 208 Å². The van der Waals surface area contributed by atoms with Gasteiger partial charge in [0.25, 0.3) is 0 Å². The fourth-order valence-corrected chi connectivity index (χ4v) is 6.76. The van der Waals surface area contributed by atoms with Crippen LogP contribution in [0.2, 0.25) is 0 Å². The number of hydrogen-bond acceptors (Lipinski definition) is 4. The highest BCUT2D eigenvalue weighted by Crippen LogP contribution is 2.41. The number of carbonyl (C=O) groups excluding carboxylic acids is 2. The topological polar surface area (TPSA) is 52.6 Å². The Hall–Kier alpha value is -1.32. The lowest BCUT2D eigenvalue weighted by Crippen LogP contribution is -2.43. The summed E-state index contributed by atoms with van der Waals surface area (Å²) < 4.78 is 12.5. The molecule has 3 rings (SSSR count). The Balaban J connectivity index is 1.75. The van der Waals surface area contributed by atoms with Crippen LogP contribution >= 0.6 is 0 Å². The highest BCUT2D eigenvalue weighted by Gasteiger charge is 2.43. The minimum absolute atomic E-state index is 0.0373. The molecule has 0 N–H and O–H groups in total. The third-order valence-electron chi connectivity index (χ3n) is 9.33.